The highest BCUT2D eigenvalue weighted by Crippen LogP contribution is 2.22. The first-order valence-corrected chi connectivity index (χ1v) is 8.45. The summed E-state index contributed by atoms with van der Waals surface area (Å²) in [6, 6.07) is 5.29. The second kappa shape index (κ2) is 6.29. The average Bonchev–Trinajstić information content (AvgIpc) is 2.79. The fraction of sp³-hybridized carbons (Fsp3) is 0.400. The standard InChI is InChI=1S/C15H17NO4S/c1-11-9-12(3-2-7-17)4-5-14(11)16-15(18)13-6-8-21(19,20)10-13/h4-5,9,13,17H,6-8,10H2,1H3,(H,16,18). The average molecular weight is 307 g/mol. The highest BCUT2D eigenvalue weighted by Gasteiger charge is 2.33. The van der Waals surface area contributed by atoms with E-state index in [0.717, 1.165) is 11.1 Å². The summed E-state index contributed by atoms with van der Waals surface area (Å²) in [5, 5.41) is 11.4. The van der Waals surface area contributed by atoms with Gasteiger partial charge in [0.05, 0.1) is 17.4 Å². The monoisotopic (exact) mass is 307 g/mol. The van der Waals surface area contributed by atoms with E-state index in [1.165, 1.54) is 0 Å². The Balaban J connectivity index is 2.08. The van der Waals surface area contributed by atoms with E-state index in [0.29, 0.717) is 12.1 Å². The molecule has 1 fully saturated rings. The van der Waals surface area contributed by atoms with Crippen LogP contribution in [0, 0.1) is 24.7 Å². The highest BCUT2D eigenvalue weighted by molar-refractivity contribution is 7.91. The predicted molar refractivity (Wildman–Crippen MR) is 80.5 cm³/mol. The Labute approximate surface area is 124 Å². The van der Waals surface area contributed by atoms with Crippen LogP contribution in [0.1, 0.15) is 17.5 Å². The second-order valence-corrected chi connectivity index (χ2v) is 7.31. The number of aliphatic hydroxyl groups excluding tert-OH is 1. The van der Waals surface area contributed by atoms with E-state index >= 15 is 0 Å². The lowest BCUT2D eigenvalue weighted by molar-refractivity contribution is -0.119. The molecule has 1 aliphatic heterocycles. The predicted octanol–water partition coefficient (Wildman–Crippen LogP) is 0.712. The number of carbonyl (C=O) groups excluding carboxylic acids is 1. The minimum absolute atomic E-state index is 0.0715. The lowest BCUT2D eigenvalue weighted by Crippen LogP contribution is -2.24. The topological polar surface area (TPSA) is 83.5 Å². The number of rotatable bonds is 2. The lowest BCUT2D eigenvalue weighted by Gasteiger charge is -2.12. The third-order valence-electron chi connectivity index (χ3n) is 3.40. The molecule has 0 radical (unpaired) electrons. The van der Waals surface area contributed by atoms with Crippen LogP contribution in [0.5, 0.6) is 0 Å². The van der Waals surface area contributed by atoms with Crippen molar-refractivity contribution in [3.63, 3.8) is 0 Å². The van der Waals surface area contributed by atoms with E-state index < -0.39 is 15.8 Å². The van der Waals surface area contributed by atoms with Crippen molar-refractivity contribution in [2.45, 2.75) is 13.3 Å². The normalized spacial score (nSPS) is 19.6. The Morgan fingerprint density at radius 3 is 2.81 bits per heavy atom. The van der Waals surface area contributed by atoms with E-state index in [1.807, 2.05) is 13.0 Å². The van der Waals surface area contributed by atoms with Gasteiger partial charge in [-0.15, -0.1) is 0 Å². The molecule has 0 spiro atoms. The van der Waals surface area contributed by atoms with Gasteiger partial charge in [-0.1, -0.05) is 11.8 Å². The summed E-state index contributed by atoms with van der Waals surface area (Å²) in [4.78, 5) is 12.1. The number of hydrogen-bond acceptors (Lipinski definition) is 4. The van der Waals surface area contributed by atoms with Crippen LogP contribution in [0.4, 0.5) is 5.69 Å². The highest BCUT2D eigenvalue weighted by atomic mass is 32.2. The summed E-state index contributed by atoms with van der Waals surface area (Å²) in [6.45, 7) is 1.64. The van der Waals surface area contributed by atoms with Crippen LogP contribution in [-0.2, 0) is 14.6 Å². The molecular weight excluding hydrogens is 290 g/mol. The molecule has 0 aromatic heterocycles. The van der Waals surface area contributed by atoms with Gasteiger partial charge >= 0.3 is 0 Å². The van der Waals surface area contributed by atoms with Crippen molar-refractivity contribution in [2.24, 2.45) is 5.92 Å². The number of nitrogens with one attached hydrogen (secondary N) is 1. The molecule has 2 rings (SSSR count). The molecule has 1 heterocycles. The van der Waals surface area contributed by atoms with Crippen LogP contribution in [-0.4, -0.2) is 37.5 Å². The maximum absolute atomic E-state index is 12.1. The molecule has 0 saturated carbocycles. The Hall–Kier alpha value is -1.84. The molecule has 0 bridgehead atoms. The number of benzene rings is 1. The summed E-state index contributed by atoms with van der Waals surface area (Å²) in [5.74, 6) is 4.63. The molecule has 1 aromatic carbocycles. The van der Waals surface area contributed by atoms with Crippen molar-refractivity contribution >= 4 is 21.4 Å². The van der Waals surface area contributed by atoms with Crippen LogP contribution in [0.25, 0.3) is 0 Å². The first kappa shape index (κ1) is 15.5. The molecule has 1 unspecified atom stereocenters. The molecule has 5 nitrogen and oxygen atoms in total. The van der Waals surface area contributed by atoms with Crippen molar-refractivity contribution in [1.82, 2.24) is 0 Å². The molecule has 1 atom stereocenters. The van der Waals surface area contributed by atoms with Gasteiger partial charge in [0.1, 0.15) is 6.61 Å². The minimum Gasteiger partial charge on any atom is -0.384 e. The zero-order valence-electron chi connectivity index (χ0n) is 11.7. The SMILES string of the molecule is Cc1cc(C#CCO)ccc1NC(=O)C1CCS(=O)(=O)C1. The Morgan fingerprint density at radius 1 is 1.48 bits per heavy atom. The van der Waals surface area contributed by atoms with E-state index in [1.54, 1.807) is 12.1 Å². The molecule has 1 aromatic rings. The number of anilines is 1. The first-order valence-electron chi connectivity index (χ1n) is 6.63. The summed E-state index contributed by atoms with van der Waals surface area (Å²) in [6.07, 6.45) is 0.382. The number of aliphatic hydroxyl groups is 1. The van der Waals surface area contributed by atoms with Crippen LogP contribution >= 0.6 is 0 Å². The molecule has 1 aliphatic rings. The number of amides is 1. The molecule has 112 valence electrons. The number of sulfone groups is 1. The lowest BCUT2D eigenvalue weighted by atomic mass is 10.1. The van der Waals surface area contributed by atoms with Crippen LogP contribution in [0.2, 0.25) is 0 Å². The largest absolute Gasteiger partial charge is 0.384 e. The number of aryl methyl sites for hydroxylation is 1. The summed E-state index contributed by atoms with van der Waals surface area (Å²) >= 11 is 0. The molecular formula is C15H17NO4S. The van der Waals surface area contributed by atoms with Gasteiger partial charge in [-0.3, -0.25) is 4.79 Å². The summed E-state index contributed by atoms with van der Waals surface area (Å²) in [5.41, 5.74) is 2.25. The molecule has 2 N–H and O–H groups in total. The molecule has 1 amide bonds. The molecule has 6 heteroatoms. The third kappa shape index (κ3) is 4.06. The van der Waals surface area contributed by atoms with E-state index in [-0.39, 0.29) is 24.0 Å². The van der Waals surface area contributed by atoms with Crippen molar-refractivity contribution in [3.05, 3.63) is 29.3 Å². The first-order chi connectivity index (χ1) is 9.91. The van der Waals surface area contributed by atoms with Gasteiger partial charge in [-0.25, -0.2) is 8.42 Å². The third-order valence-corrected chi connectivity index (χ3v) is 5.17. The maximum Gasteiger partial charge on any atom is 0.228 e. The van der Waals surface area contributed by atoms with Crippen LogP contribution in [0.15, 0.2) is 18.2 Å². The Kier molecular flexibility index (Phi) is 4.66. The van der Waals surface area contributed by atoms with Gasteiger partial charge in [0.15, 0.2) is 9.84 Å². The maximum atomic E-state index is 12.1. The van der Waals surface area contributed by atoms with Gasteiger partial charge in [0, 0.05) is 11.3 Å². The second-order valence-electron chi connectivity index (χ2n) is 5.08. The van der Waals surface area contributed by atoms with E-state index in [4.69, 9.17) is 5.11 Å². The van der Waals surface area contributed by atoms with Gasteiger partial charge in [0.2, 0.25) is 5.91 Å². The summed E-state index contributed by atoms with van der Waals surface area (Å²) < 4.78 is 22.8. The fourth-order valence-electron chi connectivity index (χ4n) is 2.26. The molecule has 1 saturated heterocycles. The Morgan fingerprint density at radius 2 is 2.24 bits per heavy atom. The zero-order valence-corrected chi connectivity index (χ0v) is 12.5. The molecule has 0 aliphatic carbocycles. The van der Waals surface area contributed by atoms with Gasteiger partial charge in [0.25, 0.3) is 0 Å². The Bertz CT molecular complexity index is 713. The number of carbonyl (C=O) groups is 1. The summed E-state index contributed by atoms with van der Waals surface area (Å²) in [7, 11) is -3.06. The van der Waals surface area contributed by atoms with Crippen LogP contribution < -0.4 is 5.32 Å². The van der Waals surface area contributed by atoms with Crippen molar-refractivity contribution < 1.29 is 18.3 Å². The smallest absolute Gasteiger partial charge is 0.228 e. The van der Waals surface area contributed by atoms with Crippen molar-refractivity contribution in [1.29, 1.82) is 0 Å². The quantitative estimate of drug-likeness (QED) is 0.788. The number of hydrogen-bond donors (Lipinski definition) is 2. The van der Waals surface area contributed by atoms with Gasteiger partial charge in [-0.2, -0.15) is 0 Å². The van der Waals surface area contributed by atoms with Crippen molar-refractivity contribution in [3.8, 4) is 11.8 Å². The molecule has 21 heavy (non-hydrogen) atoms. The van der Waals surface area contributed by atoms with E-state index in [9.17, 15) is 13.2 Å². The zero-order chi connectivity index (χ0) is 15.5. The van der Waals surface area contributed by atoms with Gasteiger partial charge < -0.3 is 10.4 Å². The van der Waals surface area contributed by atoms with Gasteiger partial charge in [-0.05, 0) is 37.1 Å². The minimum atomic E-state index is -3.06. The van der Waals surface area contributed by atoms with E-state index in [2.05, 4.69) is 17.2 Å². The fourth-order valence-corrected chi connectivity index (χ4v) is 4.00. The van der Waals surface area contributed by atoms with Crippen molar-refractivity contribution in [2.75, 3.05) is 23.4 Å². The van der Waals surface area contributed by atoms with Crippen LogP contribution in [0.3, 0.4) is 0 Å².